The normalized spacial score (nSPS) is 13.1. The van der Waals surface area contributed by atoms with Crippen molar-refractivity contribution in [3.8, 4) is 22.5 Å². The number of Topliss-reactive ketones (excluding diaryl/α,β-unsaturated/α-hetero) is 1. The molecule has 3 aromatic carbocycles. The number of carbonyl (C=O) groups is 1. The van der Waals surface area contributed by atoms with E-state index in [9.17, 15) is 4.79 Å². The fourth-order valence-electron chi connectivity index (χ4n) is 3.99. The molecular formula is C24H21N3O. The van der Waals surface area contributed by atoms with Crippen molar-refractivity contribution in [3.63, 3.8) is 0 Å². The third-order valence-corrected chi connectivity index (χ3v) is 5.47. The van der Waals surface area contributed by atoms with Crippen LogP contribution >= 0.6 is 0 Å². The Labute approximate surface area is 164 Å². The molecule has 4 nitrogen and oxygen atoms in total. The number of para-hydroxylation sites is 1. The van der Waals surface area contributed by atoms with Crippen LogP contribution in [0.4, 0.5) is 5.69 Å². The molecule has 0 N–H and O–H groups in total. The maximum Gasteiger partial charge on any atom is 0.166 e. The van der Waals surface area contributed by atoms with E-state index in [0.29, 0.717) is 13.0 Å². The molecule has 138 valence electrons. The van der Waals surface area contributed by atoms with E-state index in [4.69, 9.17) is 4.98 Å². The first-order valence-electron chi connectivity index (χ1n) is 9.52. The number of hydrogen-bond donors (Lipinski definition) is 0. The molecule has 0 atom stereocenters. The first-order valence-corrected chi connectivity index (χ1v) is 9.52. The van der Waals surface area contributed by atoms with Crippen molar-refractivity contribution in [1.82, 2.24) is 9.55 Å². The van der Waals surface area contributed by atoms with E-state index >= 15 is 0 Å². The van der Waals surface area contributed by atoms with Gasteiger partial charge in [0.25, 0.3) is 0 Å². The van der Waals surface area contributed by atoms with Crippen LogP contribution in [0.3, 0.4) is 0 Å². The van der Waals surface area contributed by atoms with Gasteiger partial charge >= 0.3 is 0 Å². The van der Waals surface area contributed by atoms with Crippen LogP contribution in [0, 0.1) is 0 Å². The molecule has 0 fully saturated rings. The fourth-order valence-corrected chi connectivity index (χ4v) is 3.99. The van der Waals surface area contributed by atoms with E-state index in [2.05, 4.69) is 58.0 Å². The number of nitrogens with zero attached hydrogens (tertiary/aromatic N) is 3. The summed E-state index contributed by atoms with van der Waals surface area (Å²) in [6.07, 6.45) is 0.529. The summed E-state index contributed by atoms with van der Waals surface area (Å²) >= 11 is 0. The fraction of sp³-hybridized carbons (Fsp3) is 0.167. The van der Waals surface area contributed by atoms with Crippen LogP contribution in [0.1, 0.15) is 16.8 Å². The van der Waals surface area contributed by atoms with Gasteiger partial charge < -0.3 is 9.47 Å². The number of imidazole rings is 1. The number of rotatable bonds is 3. The molecule has 0 unspecified atom stereocenters. The molecule has 1 aromatic heterocycles. The van der Waals surface area contributed by atoms with Crippen molar-refractivity contribution >= 4 is 22.5 Å². The minimum absolute atomic E-state index is 0.208. The van der Waals surface area contributed by atoms with Gasteiger partial charge in [0.05, 0.1) is 11.0 Å². The molecule has 0 saturated heterocycles. The summed E-state index contributed by atoms with van der Waals surface area (Å²) in [5, 5.41) is 0. The highest BCUT2D eigenvalue weighted by Crippen LogP contribution is 2.33. The average Bonchev–Trinajstić information content (AvgIpc) is 3.11. The average molecular weight is 367 g/mol. The Bertz CT molecular complexity index is 1200. The number of aromatic nitrogens is 2. The van der Waals surface area contributed by atoms with Crippen LogP contribution in [0.5, 0.6) is 0 Å². The summed E-state index contributed by atoms with van der Waals surface area (Å²) in [5.74, 6) is 1.14. The number of aryl methyl sites for hydroxylation is 1. The number of carbonyl (C=O) groups excluding carboxylic acids is 1. The summed E-state index contributed by atoms with van der Waals surface area (Å²) in [5.41, 5.74) is 7.24. The zero-order chi connectivity index (χ0) is 19.3. The van der Waals surface area contributed by atoms with Crippen molar-refractivity contribution in [2.75, 3.05) is 19.0 Å². The first-order chi connectivity index (χ1) is 13.6. The second kappa shape index (κ2) is 6.34. The van der Waals surface area contributed by atoms with Gasteiger partial charge in [0.15, 0.2) is 5.78 Å². The molecule has 28 heavy (non-hydrogen) atoms. The molecule has 4 heteroatoms. The van der Waals surface area contributed by atoms with Crippen LogP contribution in [0.2, 0.25) is 0 Å². The highest BCUT2D eigenvalue weighted by molar-refractivity contribution is 6.08. The van der Waals surface area contributed by atoms with E-state index in [1.54, 1.807) is 0 Å². The van der Waals surface area contributed by atoms with E-state index in [0.717, 1.165) is 33.5 Å². The van der Waals surface area contributed by atoms with Crippen molar-refractivity contribution in [2.45, 2.75) is 13.0 Å². The summed E-state index contributed by atoms with van der Waals surface area (Å²) in [6.45, 7) is 0.684. The molecule has 4 aromatic rings. The molecule has 0 radical (unpaired) electrons. The lowest BCUT2D eigenvalue weighted by molar-refractivity contribution is 0.0973. The molecule has 0 spiro atoms. The molecule has 0 bridgehead atoms. The predicted molar refractivity (Wildman–Crippen MR) is 114 cm³/mol. The Kier molecular flexibility index (Phi) is 3.79. The van der Waals surface area contributed by atoms with Gasteiger partial charge in [-0.05, 0) is 41.5 Å². The Morgan fingerprint density at radius 2 is 1.64 bits per heavy atom. The molecule has 1 aliphatic heterocycles. The third-order valence-electron chi connectivity index (χ3n) is 5.47. The lowest BCUT2D eigenvalue weighted by Crippen LogP contribution is -2.14. The van der Waals surface area contributed by atoms with Gasteiger partial charge in [0.2, 0.25) is 0 Å². The van der Waals surface area contributed by atoms with E-state index in [1.807, 2.05) is 32.3 Å². The summed E-state index contributed by atoms with van der Waals surface area (Å²) in [6, 6.07) is 22.9. The maximum atomic E-state index is 12.3. The Balaban J connectivity index is 1.62. The molecule has 0 aliphatic carbocycles. The zero-order valence-electron chi connectivity index (χ0n) is 16.0. The molecule has 0 saturated carbocycles. The minimum Gasteiger partial charge on any atom is -0.378 e. The zero-order valence-corrected chi connectivity index (χ0v) is 16.0. The minimum atomic E-state index is 0.208. The number of hydrogen-bond acceptors (Lipinski definition) is 3. The quantitative estimate of drug-likeness (QED) is 0.510. The largest absolute Gasteiger partial charge is 0.378 e. The van der Waals surface area contributed by atoms with E-state index < -0.39 is 0 Å². The second-order valence-corrected chi connectivity index (χ2v) is 7.46. The van der Waals surface area contributed by atoms with Crippen LogP contribution < -0.4 is 4.90 Å². The predicted octanol–water partition coefficient (Wildman–Crippen LogP) is 5.02. The highest BCUT2D eigenvalue weighted by atomic mass is 16.1. The van der Waals surface area contributed by atoms with Crippen LogP contribution in [0.25, 0.3) is 33.5 Å². The van der Waals surface area contributed by atoms with E-state index in [-0.39, 0.29) is 5.78 Å². The number of benzene rings is 3. The van der Waals surface area contributed by atoms with Crippen LogP contribution in [-0.4, -0.2) is 29.4 Å². The van der Waals surface area contributed by atoms with Crippen LogP contribution in [-0.2, 0) is 6.54 Å². The summed E-state index contributed by atoms with van der Waals surface area (Å²) in [4.78, 5) is 19.3. The standard InChI is InChI=1S/C24H21N3O/c1-26(2)19-11-9-16(10-12-19)17-5-3-6-18(15-17)24-25-21-8-4-7-20-22(28)13-14-27(24)23(20)21/h3-12,15H,13-14H2,1-2H3. The molecular weight excluding hydrogens is 346 g/mol. The Hall–Kier alpha value is -3.40. The maximum absolute atomic E-state index is 12.3. The summed E-state index contributed by atoms with van der Waals surface area (Å²) < 4.78 is 2.19. The smallest absolute Gasteiger partial charge is 0.166 e. The van der Waals surface area contributed by atoms with Gasteiger partial charge in [-0.3, -0.25) is 4.79 Å². The van der Waals surface area contributed by atoms with Gasteiger partial charge in [-0.25, -0.2) is 4.98 Å². The SMILES string of the molecule is CN(C)c1ccc(-c2cccc(-c3nc4cccc5c4n3CCC5=O)c2)cc1. The van der Waals surface area contributed by atoms with Gasteiger partial charge in [-0.2, -0.15) is 0 Å². The second-order valence-electron chi connectivity index (χ2n) is 7.46. The Morgan fingerprint density at radius 3 is 2.43 bits per heavy atom. The van der Waals surface area contributed by atoms with Gasteiger partial charge in [0, 0.05) is 43.9 Å². The third kappa shape index (κ3) is 2.61. The van der Waals surface area contributed by atoms with Gasteiger partial charge in [-0.15, -0.1) is 0 Å². The van der Waals surface area contributed by atoms with Crippen molar-refractivity contribution in [3.05, 3.63) is 72.3 Å². The topological polar surface area (TPSA) is 38.1 Å². The Morgan fingerprint density at radius 1 is 0.893 bits per heavy atom. The lowest BCUT2D eigenvalue weighted by Gasteiger charge is -2.16. The van der Waals surface area contributed by atoms with Crippen molar-refractivity contribution in [2.24, 2.45) is 0 Å². The van der Waals surface area contributed by atoms with Crippen LogP contribution in [0.15, 0.2) is 66.7 Å². The molecule has 1 aliphatic rings. The molecule has 5 rings (SSSR count). The molecule has 0 amide bonds. The van der Waals surface area contributed by atoms with Gasteiger partial charge in [-0.1, -0.05) is 36.4 Å². The van der Waals surface area contributed by atoms with Gasteiger partial charge in [0.1, 0.15) is 5.82 Å². The number of anilines is 1. The van der Waals surface area contributed by atoms with E-state index in [1.165, 1.54) is 11.3 Å². The molecule has 2 heterocycles. The van der Waals surface area contributed by atoms with Crippen molar-refractivity contribution < 1.29 is 4.79 Å². The first kappa shape index (κ1) is 16.8. The highest BCUT2D eigenvalue weighted by Gasteiger charge is 2.23. The monoisotopic (exact) mass is 367 g/mol. The lowest BCUT2D eigenvalue weighted by atomic mass is 10.0. The summed E-state index contributed by atoms with van der Waals surface area (Å²) in [7, 11) is 4.09. The number of ketones is 1. The van der Waals surface area contributed by atoms with Crippen molar-refractivity contribution in [1.29, 1.82) is 0 Å².